The Kier molecular flexibility index (Phi) is 4.79. The molecule has 1 heterocycles. The summed E-state index contributed by atoms with van der Waals surface area (Å²) >= 11 is 5.82. The molecular weight excluding hydrogens is 274 g/mol. The highest BCUT2D eigenvalue weighted by Gasteiger charge is 2.07. The molecule has 106 valence electrons. The zero-order valence-corrected chi connectivity index (χ0v) is 12.7. The van der Waals surface area contributed by atoms with Gasteiger partial charge in [0.15, 0.2) is 0 Å². The number of ether oxygens (including phenoxy) is 1. The lowest BCUT2D eigenvalue weighted by Gasteiger charge is -2.13. The minimum absolute atomic E-state index is 0.437. The maximum absolute atomic E-state index is 5.82. The molecule has 0 saturated carbocycles. The van der Waals surface area contributed by atoms with Gasteiger partial charge in [0.1, 0.15) is 23.0 Å². The topological polar surface area (TPSA) is 47.0 Å². The van der Waals surface area contributed by atoms with E-state index in [0.29, 0.717) is 5.15 Å². The SMILES string of the molecule is COc1cc(C)cc(C)c1CCNc1cc(Cl)ncn1. The van der Waals surface area contributed by atoms with Crippen LogP contribution in [0.1, 0.15) is 16.7 Å². The van der Waals surface area contributed by atoms with Gasteiger partial charge in [-0.05, 0) is 43.0 Å². The average molecular weight is 292 g/mol. The van der Waals surface area contributed by atoms with Crippen molar-refractivity contribution in [3.63, 3.8) is 0 Å². The lowest BCUT2D eigenvalue weighted by molar-refractivity contribution is 0.409. The van der Waals surface area contributed by atoms with Gasteiger partial charge in [-0.15, -0.1) is 0 Å². The fourth-order valence-electron chi connectivity index (χ4n) is 2.21. The second-order valence-electron chi connectivity index (χ2n) is 4.67. The van der Waals surface area contributed by atoms with E-state index < -0.39 is 0 Å². The van der Waals surface area contributed by atoms with Gasteiger partial charge >= 0.3 is 0 Å². The van der Waals surface area contributed by atoms with Crippen molar-refractivity contribution in [3.05, 3.63) is 46.4 Å². The van der Waals surface area contributed by atoms with Crippen LogP contribution >= 0.6 is 11.6 Å². The summed E-state index contributed by atoms with van der Waals surface area (Å²) in [4.78, 5) is 7.96. The molecule has 0 atom stereocenters. The van der Waals surface area contributed by atoms with E-state index in [0.717, 1.165) is 24.5 Å². The predicted octanol–water partition coefficient (Wildman–Crippen LogP) is 3.41. The van der Waals surface area contributed by atoms with Crippen molar-refractivity contribution in [2.75, 3.05) is 19.0 Å². The minimum Gasteiger partial charge on any atom is -0.496 e. The molecule has 1 aromatic heterocycles. The van der Waals surface area contributed by atoms with Crippen LogP contribution in [0.25, 0.3) is 0 Å². The van der Waals surface area contributed by atoms with E-state index >= 15 is 0 Å². The van der Waals surface area contributed by atoms with Gasteiger partial charge in [0.25, 0.3) is 0 Å². The summed E-state index contributed by atoms with van der Waals surface area (Å²) in [5.41, 5.74) is 3.66. The van der Waals surface area contributed by atoms with Crippen LogP contribution in [0.3, 0.4) is 0 Å². The van der Waals surface area contributed by atoms with Crippen molar-refractivity contribution in [1.82, 2.24) is 9.97 Å². The average Bonchev–Trinajstić information content (AvgIpc) is 2.40. The quantitative estimate of drug-likeness (QED) is 0.858. The molecule has 0 unspecified atom stereocenters. The zero-order valence-electron chi connectivity index (χ0n) is 11.9. The molecule has 1 N–H and O–H groups in total. The van der Waals surface area contributed by atoms with E-state index in [-0.39, 0.29) is 0 Å². The number of halogens is 1. The number of aromatic nitrogens is 2. The number of anilines is 1. The van der Waals surface area contributed by atoms with Crippen LogP contribution in [-0.2, 0) is 6.42 Å². The predicted molar refractivity (Wildman–Crippen MR) is 81.7 cm³/mol. The molecule has 0 radical (unpaired) electrons. The Hall–Kier alpha value is -1.81. The van der Waals surface area contributed by atoms with E-state index in [1.54, 1.807) is 13.2 Å². The molecule has 0 aliphatic heterocycles. The summed E-state index contributed by atoms with van der Waals surface area (Å²) in [6.07, 6.45) is 2.30. The first-order valence-electron chi connectivity index (χ1n) is 6.45. The van der Waals surface area contributed by atoms with Crippen molar-refractivity contribution in [2.24, 2.45) is 0 Å². The molecule has 0 bridgehead atoms. The van der Waals surface area contributed by atoms with E-state index in [9.17, 15) is 0 Å². The lowest BCUT2D eigenvalue weighted by Crippen LogP contribution is -2.08. The molecule has 1 aromatic carbocycles. The third-order valence-electron chi connectivity index (χ3n) is 3.11. The second kappa shape index (κ2) is 6.57. The summed E-state index contributed by atoms with van der Waals surface area (Å²) in [5, 5.41) is 3.67. The Morgan fingerprint density at radius 2 is 2.00 bits per heavy atom. The fourth-order valence-corrected chi connectivity index (χ4v) is 2.35. The molecule has 0 aliphatic rings. The normalized spacial score (nSPS) is 10.4. The zero-order chi connectivity index (χ0) is 14.5. The monoisotopic (exact) mass is 291 g/mol. The Balaban J connectivity index is 2.04. The standard InChI is InChI=1S/C15H18ClN3O/c1-10-6-11(2)12(13(7-10)20-3)4-5-17-15-8-14(16)18-9-19-15/h6-9H,4-5H2,1-3H3,(H,17,18,19). The minimum atomic E-state index is 0.437. The number of nitrogens with zero attached hydrogens (tertiary/aromatic N) is 2. The molecule has 0 spiro atoms. The molecule has 2 rings (SSSR count). The van der Waals surface area contributed by atoms with Gasteiger partial charge in [0, 0.05) is 12.6 Å². The highest BCUT2D eigenvalue weighted by Crippen LogP contribution is 2.24. The van der Waals surface area contributed by atoms with Gasteiger partial charge in [-0.2, -0.15) is 0 Å². The highest BCUT2D eigenvalue weighted by atomic mass is 35.5. The van der Waals surface area contributed by atoms with Gasteiger partial charge in [-0.25, -0.2) is 9.97 Å². The van der Waals surface area contributed by atoms with Gasteiger partial charge in [-0.1, -0.05) is 17.7 Å². The summed E-state index contributed by atoms with van der Waals surface area (Å²) in [5.74, 6) is 1.67. The highest BCUT2D eigenvalue weighted by molar-refractivity contribution is 6.29. The largest absolute Gasteiger partial charge is 0.496 e. The molecule has 0 amide bonds. The van der Waals surface area contributed by atoms with Crippen LogP contribution in [0.5, 0.6) is 5.75 Å². The second-order valence-corrected chi connectivity index (χ2v) is 5.05. The first-order valence-corrected chi connectivity index (χ1v) is 6.83. The Bertz CT molecular complexity index is 602. The Labute approximate surface area is 124 Å². The van der Waals surface area contributed by atoms with E-state index in [1.807, 2.05) is 0 Å². The fraction of sp³-hybridized carbons (Fsp3) is 0.333. The van der Waals surface area contributed by atoms with Crippen LogP contribution in [0, 0.1) is 13.8 Å². The van der Waals surface area contributed by atoms with Crippen LogP contribution < -0.4 is 10.1 Å². The number of rotatable bonds is 5. The van der Waals surface area contributed by atoms with Crippen molar-refractivity contribution >= 4 is 17.4 Å². The number of methoxy groups -OCH3 is 1. The third kappa shape index (κ3) is 3.61. The molecule has 0 saturated heterocycles. The number of hydrogen-bond acceptors (Lipinski definition) is 4. The van der Waals surface area contributed by atoms with Crippen molar-refractivity contribution in [1.29, 1.82) is 0 Å². The number of nitrogens with one attached hydrogen (secondary N) is 1. The summed E-state index contributed by atoms with van der Waals surface area (Å²) in [6, 6.07) is 5.93. The maximum atomic E-state index is 5.82. The van der Waals surface area contributed by atoms with Crippen molar-refractivity contribution < 1.29 is 4.74 Å². The van der Waals surface area contributed by atoms with Gasteiger partial charge in [-0.3, -0.25) is 0 Å². The molecule has 20 heavy (non-hydrogen) atoms. The number of benzene rings is 1. The summed E-state index contributed by atoms with van der Waals surface area (Å²) in [7, 11) is 1.70. The number of aryl methyl sites for hydroxylation is 2. The molecule has 2 aromatic rings. The first-order chi connectivity index (χ1) is 9.60. The van der Waals surface area contributed by atoms with Crippen molar-refractivity contribution in [2.45, 2.75) is 20.3 Å². The summed E-state index contributed by atoms with van der Waals surface area (Å²) < 4.78 is 5.45. The Morgan fingerprint density at radius 1 is 1.20 bits per heavy atom. The van der Waals surface area contributed by atoms with Crippen LogP contribution in [0.15, 0.2) is 24.5 Å². The van der Waals surface area contributed by atoms with E-state index in [2.05, 4.69) is 41.3 Å². The van der Waals surface area contributed by atoms with E-state index in [4.69, 9.17) is 16.3 Å². The van der Waals surface area contributed by atoms with Crippen LogP contribution in [0.2, 0.25) is 5.15 Å². The van der Waals surface area contributed by atoms with Crippen LogP contribution in [-0.4, -0.2) is 23.6 Å². The van der Waals surface area contributed by atoms with Crippen molar-refractivity contribution in [3.8, 4) is 5.75 Å². The molecule has 4 nitrogen and oxygen atoms in total. The number of hydrogen-bond donors (Lipinski definition) is 1. The Morgan fingerprint density at radius 3 is 2.70 bits per heavy atom. The van der Waals surface area contributed by atoms with Crippen LogP contribution in [0.4, 0.5) is 5.82 Å². The molecule has 5 heteroatoms. The lowest BCUT2D eigenvalue weighted by atomic mass is 10.0. The first kappa shape index (κ1) is 14.6. The van der Waals surface area contributed by atoms with Gasteiger partial charge in [0.2, 0.25) is 0 Å². The molecular formula is C15H18ClN3O. The summed E-state index contributed by atoms with van der Waals surface area (Å²) in [6.45, 7) is 4.93. The smallest absolute Gasteiger partial charge is 0.134 e. The maximum Gasteiger partial charge on any atom is 0.134 e. The van der Waals surface area contributed by atoms with E-state index in [1.165, 1.54) is 23.0 Å². The third-order valence-corrected chi connectivity index (χ3v) is 3.32. The molecule has 0 aliphatic carbocycles. The van der Waals surface area contributed by atoms with Gasteiger partial charge < -0.3 is 10.1 Å². The van der Waals surface area contributed by atoms with Gasteiger partial charge in [0.05, 0.1) is 7.11 Å². The molecule has 0 fully saturated rings.